The highest BCUT2D eigenvalue weighted by atomic mass is 16.5. The van der Waals surface area contributed by atoms with E-state index < -0.39 is 0 Å². The van der Waals surface area contributed by atoms with Gasteiger partial charge in [0.1, 0.15) is 6.10 Å². The van der Waals surface area contributed by atoms with Crippen LogP contribution in [-0.4, -0.2) is 31.6 Å². The van der Waals surface area contributed by atoms with Crippen LogP contribution in [0, 0.1) is 0 Å². The van der Waals surface area contributed by atoms with Crippen molar-refractivity contribution in [3.8, 4) is 0 Å². The van der Waals surface area contributed by atoms with Gasteiger partial charge in [0.25, 0.3) is 0 Å². The van der Waals surface area contributed by atoms with Crippen LogP contribution >= 0.6 is 0 Å². The van der Waals surface area contributed by atoms with Crippen LogP contribution in [0.1, 0.15) is 0 Å². The molecule has 1 atom stereocenters. The lowest BCUT2D eigenvalue weighted by atomic mass is 10.3. The maximum atomic E-state index is 5.31. The molecule has 11 heavy (non-hydrogen) atoms. The first-order valence-corrected chi connectivity index (χ1v) is 3.45. The summed E-state index contributed by atoms with van der Waals surface area (Å²) in [6, 6.07) is 0. The fraction of sp³-hybridized carbons (Fsp3) is 0.800. The third-order valence-corrected chi connectivity index (χ3v) is 1.52. The standard InChI is InChI=1S/C5H13N5O/c6-9-5(10-7)4-3-8-1-2-11-4/h4,8H,1-3,6-7H2,(H,9,10). The summed E-state index contributed by atoms with van der Waals surface area (Å²) in [7, 11) is 0. The summed E-state index contributed by atoms with van der Waals surface area (Å²) in [6.07, 6.45) is -0.140. The molecule has 1 fully saturated rings. The predicted molar refractivity (Wildman–Crippen MR) is 41.6 cm³/mol. The first-order chi connectivity index (χ1) is 5.38. The first-order valence-electron chi connectivity index (χ1n) is 3.45. The molecule has 0 spiro atoms. The van der Waals surface area contributed by atoms with Crippen LogP contribution in [0.3, 0.4) is 0 Å². The van der Waals surface area contributed by atoms with Crippen LogP contribution in [0.5, 0.6) is 0 Å². The molecule has 0 radical (unpaired) electrons. The minimum absolute atomic E-state index is 0.140. The van der Waals surface area contributed by atoms with Gasteiger partial charge in [0.2, 0.25) is 0 Å². The molecule has 0 saturated carbocycles. The molecule has 1 rings (SSSR count). The zero-order chi connectivity index (χ0) is 8.10. The highest BCUT2D eigenvalue weighted by molar-refractivity contribution is 5.86. The summed E-state index contributed by atoms with van der Waals surface area (Å²) < 4.78 is 5.31. The Hall–Kier alpha value is -0.850. The maximum Gasteiger partial charge on any atom is 0.166 e. The van der Waals surface area contributed by atoms with Crippen molar-refractivity contribution in [2.75, 3.05) is 19.7 Å². The topological polar surface area (TPSA) is 97.7 Å². The molecule has 6 N–H and O–H groups in total. The Balaban J connectivity index is 2.43. The molecule has 1 heterocycles. The highest BCUT2D eigenvalue weighted by Gasteiger charge is 2.18. The number of nitrogens with one attached hydrogen (secondary N) is 2. The summed E-state index contributed by atoms with van der Waals surface area (Å²) >= 11 is 0. The van der Waals surface area contributed by atoms with E-state index in [9.17, 15) is 0 Å². The third kappa shape index (κ3) is 2.04. The van der Waals surface area contributed by atoms with Crippen LogP contribution in [0.4, 0.5) is 0 Å². The molecule has 1 saturated heterocycles. The Kier molecular flexibility index (Phi) is 3.09. The van der Waals surface area contributed by atoms with Gasteiger partial charge >= 0.3 is 0 Å². The van der Waals surface area contributed by atoms with Crippen molar-refractivity contribution in [1.29, 1.82) is 0 Å². The normalized spacial score (nSPS) is 26.6. The van der Waals surface area contributed by atoms with E-state index in [1.807, 2.05) is 0 Å². The van der Waals surface area contributed by atoms with Crippen LogP contribution in [0.25, 0.3) is 0 Å². The Bertz CT molecular complexity index is 142. The number of amidine groups is 1. The zero-order valence-electron chi connectivity index (χ0n) is 6.21. The lowest BCUT2D eigenvalue weighted by molar-refractivity contribution is 0.0688. The summed E-state index contributed by atoms with van der Waals surface area (Å²) in [4.78, 5) is 0. The zero-order valence-corrected chi connectivity index (χ0v) is 6.21. The Morgan fingerprint density at radius 3 is 3.00 bits per heavy atom. The highest BCUT2D eigenvalue weighted by Crippen LogP contribution is 1.95. The molecular weight excluding hydrogens is 146 g/mol. The lowest BCUT2D eigenvalue weighted by Crippen LogP contribution is -2.50. The Morgan fingerprint density at radius 1 is 1.73 bits per heavy atom. The van der Waals surface area contributed by atoms with Gasteiger partial charge in [-0.05, 0) is 0 Å². The van der Waals surface area contributed by atoms with Gasteiger partial charge in [-0.2, -0.15) is 5.10 Å². The number of nitrogens with two attached hydrogens (primary N) is 2. The molecule has 1 unspecified atom stereocenters. The van der Waals surface area contributed by atoms with Crippen LogP contribution < -0.4 is 22.4 Å². The molecule has 6 nitrogen and oxygen atoms in total. The molecule has 0 aromatic heterocycles. The monoisotopic (exact) mass is 159 g/mol. The average Bonchev–Trinajstić information content (AvgIpc) is 2.09. The number of ether oxygens (including phenoxy) is 1. The Morgan fingerprint density at radius 2 is 2.55 bits per heavy atom. The molecule has 6 heteroatoms. The lowest BCUT2D eigenvalue weighted by Gasteiger charge is -2.23. The van der Waals surface area contributed by atoms with Crippen molar-refractivity contribution in [2.45, 2.75) is 6.10 Å². The van der Waals surface area contributed by atoms with Crippen LogP contribution in [0.15, 0.2) is 5.10 Å². The molecule has 0 aromatic carbocycles. The number of hydrogen-bond acceptors (Lipinski definition) is 5. The van der Waals surface area contributed by atoms with E-state index in [1.165, 1.54) is 0 Å². The van der Waals surface area contributed by atoms with Crippen molar-refractivity contribution >= 4 is 5.84 Å². The van der Waals surface area contributed by atoms with E-state index in [4.69, 9.17) is 16.4 Å². The van der Waals surface area contributed by atoms with Gasteiger partial charge in [-0.1, -0.05) is 0 Å². The van der Waals surface area contributed by atoms with Crippen molar-refractivity contribution < 1.29 is 4.74 Å². The number of nitrogens with zero attached hydrogens (tertiary/aromatic N) is 1. The SMILES string of the molecule is N/N=C(\NN)C1CNCCO1. The summed E-state index contributed by atoms with van der Waals surface area (Å²) in [5.41, 5.74) is 2.38. The second-order valence-electron chi connectivity index (χ2n) is 2.22. The molecule has 1 aliphatic rings. The Labute approximate surface area is 64.9 Å². The number of rotatable bonds is 1. The quantitative estimate of drug-likeness (QED) is 0.149. The molecule has 64 valence electrons. The van der Waals surface area contributed by atoms with Gasteiger partial charge in [-0.15, -0.1) is 0 Å². The van der Waals surface area contributed by atoms with Gasteiger partial charge in [0, 0.05) is 13.1 Å². The number of hydrogen-bond donors (Lipinski definition) is 4. The second-order valence-corrected chi connectivity index (χ2v) is 2.22. The summed E-state index contributed by atoms with van der Waals surface area (Å²) in [6.45, 7) is 2.21. The van der Waals surface area contributed by atoms with Gasteiger partial charge in [0.15, 0.2) is 5.84 Å². The summed E-state index contributed by atoms with van der Waals surface area (Å²) in [5, 5.41) is 6.57. The van der Waals surface area contributed by atoms with Crippen molar-refractivity contribution in [1.82, 2.24) is 10.7 Å². The average molecular weight is 159 g/mol. The first kappa shape index (κ1) is 8.25. The van der Waals surface area contributed by atoms with E-state index in [1.54, 1.807) is 0 Å². The van der Waals surface area contributed by atoms with Gasteiger partial charge in [-0.3, -0.25) is 0 Å². The molecular formula is C5H13N5O. The maximum absolute atomic E-state index is 5.31. The predicted octanol–water partition coefficient (Wildman–Crippen LogP) is -2.29. The van der Waals surface area contributed by atoms with E-state index >= 15 is 0 Å². The van der Waals surface area contributed by atoms with Crippen LogP contribution in [0.2, 0.25) is 0 Å². The summed E-state index contributed by atoms with van der Waals surface area (Å²) in [5.74, 6) is 10.7. The minimum atomic E-state index is -0.140. The number of hydrazine groups is 1. The van der Waals surface area contributed by atoms with E-state index in [-0.39, 0.29) is 6.10 Å². The largest absolute Gasteiger partial charge is 0.368 e. The molecule has 1 aliphatic heterocycles. The number of hydrazone groups is 1. The molecule has 0 aliphatic carbocycles. The smallest absolute Gasteiger partial charge is 0.166 e. The van der Waals surface area contributed by atoms with Gasteiger partial charge in [0.05, 0.1) is 6.61 Å². The third-order valence-electron chi connectivity index (χ3n) is 1.52. The molecule has 0 amide bonds. The fourth-order valence-corrected chi connectivity index (χ4v) is 0.954. The molecule has 0 bridgehead atoms. The van der Waals surface area contributed by atoms with Crippen molar-refractivity contribution in [3.63, 3.8) is 0 Å². The van der Waals surface area contributed by atoms with Crippen molar-refractivity contribution in [2.24, 2.45) is 16.8 Å². The van der Waals surface area contributed by atoms with Crippen molar-refractivity contribution in [3.05, 3.63) is 0 Å². The van der Waals surface area contributed by atoms with Gasteiger partial charge in [-0.25, -0.2) is 5.84 Å². The van der Waals surface area contributed by atoms with E-state index in [0.717, 1.165) is 6.54 Å². The fourth-order valence-electron chi connectivity index (χ4n) is 0.954. The van der Waals surface area contributed by atoms with Crippen LogP contribution in [-0.2, 0) is 4.74 Å². The second kappa shape index (κ2) is 4.12. The molecule has 0 aromatic rings. The van der Waals surface area contributed by atoms with Gasteiger partial charge < -0.3 is 21.3 Å². The van der Waals surface area contributed by atoms with E-state index in [0.29, 0.717) is 19.0 Å². The minimum Gasteiger partial charge on any atom is -0.368 e. The van der Waals surface area contributed by atoms with E-state index in [2.05, 4.69) is 15.8 Å². The number of morpholine rings is 1.